The molecular weight excluding hydrogens is 188 g/mol. The fourth-order valence-electron chi connectivity index (χ4n) is 1.75. The van der Waals surface area contributed by atoms with Gasteiger partial charge in [-0.3, -0.25) is 5.10 Å². The first-order valence-electron chi connectivity index (χ1n) is 5.17. The van der Waals surface area contributed by atoms with Gasteiger partial charge in [-0.25, -0.2) is 0 Å². The number of aromatic nitrogens is 2. The molecule has 1 aliphatic carbocycles. The summed E-state index contributed by atoms with van der Waals surface area (Å²) >= 11 is 0. The quantitative estimate of drug-likeness (QED) is 0.653. The van der Waals surface area contributed by atoms with Crippen molar-refractivity contribution in [1.29, 1.82) is 0 Å². The van der Waals surface area contributed by atoms with E-state index < -0.39 is 0 Å². The summed E-state index contributed by atoms with van der Waals surface area (Å²) in [6.45, 7) is 2.21. The number of aromatic amines is 1. The van der Waals surface area contributed by atoms with Gasteiger partial charge in [-0.05, 0) is 31.9 Å². The number of fused-ring (bicyclic) bond motifs is 1. The highest BCUT2D eigenvalue weighted by Crippen LogP contribution is 2.40. The zero-order valence-electron chi connectivity index (χ0n) is 8.67. The van der Waals surface area contributed by atoms with Gasteiger partial charge >= 0.3 is 0 Å². The zero-order valence-corrected chi connectivity index (χ0v) is 8.67. The summed E-state index contributed by atoms with van der Waals surface area (Å²) in [5, 5.41) is 11.5. The predicted octanol–water partition coefficient (Wildman–Crippen LogP) is 2.11. The van der Waals surface area contributed by atoms with E-state index in [0.717, 1.165) is 22.3 Å². The SMILES string of the molecule is CC1(Nc2cc3[nH]ncc3cc2N)CC1. The molecule has 78 valence electrons. The predicted molar refractivity (Wildman–Crippen MR) is 61.8 cm³/mol. The van der Waals surface area contributed by atoms with Crippen molar-refractivity contribution in [2.45, 2.75) is 25.3 Å². The van der Waals surface area contributed by atoms with Crippen LogP contribution in [0.1, 0.15) is 19.8 Å². The molecule has 0 amide bonds. The Balaban J connectivity index is 2.05. The fourth-order valence-corrected chi connectivity index (χ4v) is 1.75. The number of nitrogens with one attached hydrogen (secondary N) is 2. The second kappa shape index (κ2) is 2.66. The first kappa shape index (κ1) is 8.59. The van der Waals surface area contributed by atoms with Gasteiger partial charge in [-0.1, -0.05) is 0 Å². The topological polar surface area (TPSA) is 66.7 Å². The fraction of sp³-hybridized carbons (Fsp3) is 0.364. The highest BCUT2D eigenvalue weighted by molar-refractivity contribution is 5.88. The number of hydrogen-bond donors (Lipinski definition) is 3. The molecule has 2 aromatic rings. The number of nitrogen functional groups attached to an aromatic ring is 1. The van der Waals surface area contributed by atoms with Gasteiger partial charge in [0.25, 0.3) is 0 Å². The molecule has 1 fully saturated rings. The van der Waals surface area contributed by atoms with Gasteiger partial charge in [0.1, 0.15) is 0 Å². The van der Waals surface area contributed by atoms with Crippen LogP contribution >= 0.6 is 0 Å². The van der Waals surface area contributed by atoms with Crippen LogP contribution in [0, 0.1) is 0 Å². The van der Waals surface area contributed by atoms with Crippen LogP contribution < -0.4 is 11.1 Å². The molecule has 15 heavy (non-hydrogen) atoms. The van der Waals surface area contributed by atoms with Crippen molar-refractivity contribution in [2.24, 2.45) is 0 Å². The monoisotopic (exact) mass is 202 g/mol. The van der Waals surface area contributed by atoms with Crippen LogP contribution in [0.4, 0.5) is 11.4 Å². The van der Waals surface area contributed by atoms with Crippen molar-refractivity contribution >= 4 is 22.3 Å². The van der Waals surface area contributed by atoms with Crippen LogP contribution in [0.3, 0.4) is 0 Å². The van der Waals surface area contributed by atoms with Gasteiger partial charge < -0.3 is 11.1 Å². The van der Waals surface area contributed by atoms with Crippen molar-refractivity contribution in [1.82, 2.24) is 10.2 Å². The molecule has 4 heteroatoms. The Hall–Kier alpha value is -1.71. The summed E-state index contributed by atoms with van der Waals surface area (Å²) in [4.78, 5) is 0. The number of H-pyrrole nitrogens is 1. The molecule has 3 rings (SSSR count). The lowest BCUT2D eigenvalue weighted by Gasteiger charge is -2.15. The lowest BCUT2D eigenvalue weighted by Crippen LogP contribution is -2.16. The van der Waals surface area contributed by atoms with Crippen LogP contribution in [-0.2, 0) is 0 Å². The molecule has 0 radical (unpaired) electrons. The maximum absolute atomic E-state index is 5.98. The molecule has 0 aliphatic heterocycles. The molecule has 4 N–H and O–H groups in total. The van der Waals surface area contributed by atoms with Crippen molar-refractivity contribution in [3.63, 3.8) is 0 Å². The standard InChI is InChI=1S/C11H14N4/c1-11(2-3-11)14-10-5-9-7(4-8(10)12)6-13-15-9/h4-6,14H,2-3,12H2,1H3,(H,13,15). The van der Waals surface area contributed by atoms with Crippen LogP contribution in [0.15, 0.2) is 18.3 Å². The minimum Gasteiger partial charge on any atom is -0.397 e. The third kappa shape index (κ3) is 1.42. The normalized spacial score (nSPS) is 17.9. The van der Waals surface area contributed by atoms with Crippen LogP contribution in [0.2, 0.25) is 0 Å². The Morgan fingerprint density at radius 3 is 3.00 bits per heavy atom. The summed E-state index contributed by atoms with van der Waals surface area (Å²) in [6, 6.07) is 3.98. The van der Waals surface area contributed by atoms with Gasteiger partial charge in [-0.15, -0.1) is 0 Å². The average Bonchev–Trinajstić information content (AvgIpc) is 2.74. The molecule has 0 saturated heterocycles. The first-order valence-corrected chi connectivity index (χ1v) is 5.17. The van der Waals surface area contributed by atoms with Gasteiger partial charge in [0.15, 0.2) is 0 Å². The van der Waals surface area contributed by atoms with Gasteiger partial charge in [0.05, 0.1) is 23.1 Å². The summed E-state index contributed by atoms with van der Waals surface area (Å²) in [5.41, 5.74) is 9.05. The summed E-state index contributed by atoms with van der Waals surface area (Å²) < 4.78 is 0. The van der Waals surface area contributed by atoms with E-state index in [0.29, 0.717) is 0 Å². The smallest absolute Gasteiger partial charge is 0.0672 e. The van der Waals surface area contributed by atoms with Gasteiger partial charge in [0, 0.05) is 10.9 Å². The molecular formula is C11H14N4. The Morgan fingerprint density at radius 2 is 2.27 bits per heavy atom. The Morgan fingerprint density at radius 1 is 1.47 bits per heavy atom. The van der Waals surface area contributed by atoms with Gasteiger partial charge in [-0.2, -0.15) is 5.10 Å². The van der Waals surface area contributed by atoms with E-state index in [1.165, 1.54) is 12.8 Å². The van der Waals surface area contributed by atoms with E-state index in [1.807, 2.05) is 12.1 Å². The zero-order chi connectivity index (χ0) is 10.5. The first-order chi connectivity index (χ1) is 7.16. The summed E-state index contributed by atoms with van der Waals surface area (Å²) in [5.74, 6) is 0. The molecule has 1 heterocycles. The second-order valence-electron chi connectivity index (χ2n) is 4.58. The molecule has 0 atom stereocenters. The minimum atomic E-state index is 0.252. The van der Waals surface area contributed by atoms with Crippen LogP contribution in [0.5, 0.6) is 0 Å². The summed E-state index contributed by atoms with van der Waals surface area (Å²) in [6.07, 6.45) is 4.22. The van der Waals surface area contributed by atoms with Crippen molar-refractivity contribution < 1.29 is 0 Å². The Kier molecular flexibility index (Phi) is 1.52. The molecule has 0 unspecified atom stereocenters. The lowest BCUT2D eigenvalue weighted by molar-refractivity contribution is 0.830. The van der Waals surface area contributed by atoms with Crippen LogP contribution in [-0.4, -0.2) is 15.7 Å². The molecule has 4 nitrogen and oxygen atoms in total. The van der Waals surface area contributed by atoms with E-state index in [2.05, 4.69) is 22.4 Å². The van der Waals surface area contributed by atoms with E-state index >= 15 is 0 Å². The number of hydrogen-bond acceptors (Lipinski definition) is 3. The van der Waals surface area contributed by atoms with E-state index in [1.54, 1.807) is 6.20 Å². The summed E-state index contributed by atoms with van der Waals surface area (Å²) in [7, 11) is 0. The third-order valence-electron chi connectivity index (χ3n) is 3.05. The average molecular weight is 202 g/mol. The minimum absolute atomic E-state index is 0.252. The highest BCUT2D eigenvalue weighted by atomic mass is 15.1. The number of rotatable bonds is 2. The van der Waals surface area contributed by atoms with E-state index in [4.69, 9.17) is 5.73 Å². The third-order valence-corrected chi connectivity index (χ3v) is 3.05. The maximum Gasteiger partial charge on any atom is 0.0672 e. The molecule has 1 aliphatic rings. The molecule has 1 aromatic carbocycles. The maximum atomic E-state index is 5.98. The molecule has 1 aromatic heterocycles. The molecule has 0 bridgehead atoms. The van der Waals surface area contributed by atoms with E-state index in [9.17, 15) is 0 Å². The largest absolute Gasteiger partial charge is 0.397 e. The Labute approximate surface area is 87.9 Å². The van der Waals surface area contributed by atoms with E-state index in [-0.39, 0.29) is 5.54 Å². The van der Waals surface area contributed by atoms with Crippen molar-refractivity contribution in [3.05, 3.63) is 18.3 Å². The number of nitrogens with zero attached hydrogens (tertiary/aromatic N) is 1. The molecule has 0 spiro atoms. The number of anilines is 2. The number of nitrogens with two attached hydrogens (primary N) is 1. The van der Waals surface area contributed by atoms with Gasteiger partial charge in [0.2, 0.25) is 0 Å². The second-order valence-corrected chi connectivity index (χ2v) is 4.58. The Bertz CT molecular complexity index is 510. The lowest BCUT2D eigenvalue weighted by atomic mass is 10.2. The number of benzene rings is 1. The highest BCUT2D eigenvalue weighted by Gasteiger charge is 2.37. The van der Waals surface area contributed by atoms with Crippen LogP contribution in [0.25, 0.3) is 10.9 Å². The molecule has 1 saturated carbocycles. The van der Waals surface area contributed by atoms with Crippen molar-refractivity contribution in [2.75, 3.05) is 11.1 Å². The van der Waals surface area contributed by atoms with Crippen molar-refractivity contribution in [3.8, 4) is 0 Å².